The maximum atomic E-state index is 11.8. The molecule has 9 heteroatoms. The number of ether oxygens (including phenoxy) is 4. The minimum Gasteiger partial charge on any atom is -0.394 e. The van der Waals surface area contributed by atoms with E-state index in [0.717, 1.165) is 56.9 Å². The number of aliphatic hydroxyl groups excluding tert-OH is 5. The van der Waals surface area contributed by atoms with E-state index in [2.05, 4.69) is 27.4 Å². The minimum atomic E-state index is -1.47. The maximum absolute atomic E-state index is 11.8. The van der Waals surface area contributed by atoms with E-state index in [9.17, 15) is 25.5 Å². The highest BCUT2D eigenvalue weighted by Gasteiger charge is 2.69. The topological polar surface area (TPSA) is 138 Å². The van der Waals surface area contributed by atoms with Crippen LogP contribution in [0.15, 0.2) is 12.2 Å². The number of aliphatic hydroxyl groups is 5. The average molecular weight is 593 g/mol. The van der Waals surface area contributed by atoms with Gasteiger partial charge in [0.15, 0.2) is 12.1 Å². The first-order chi connectivity index (χ1) is 19.9. The quantitative estimate of drug-likeness (QED) is 0.247. The lowest BCUT2D eigenvalue weighted by Crippen LogP contribution is -2.62. The van der Waals surface area contributed by atoms with Crippen LogP contribution in [0.5, 0.6) is 0 Å². The number of hydrogen-bond acceptors (Lipinski definition) is 9. The predicted octanol–water partition coefficient (Wildman–Crippen LogP) is 2.51. The summed E-state index contributed by atoms with van der Waals surface area (Å²) in [5.41, 5.74) is 1.16. The Labute approximate surface area is 249 Å². The lowest BCUT2D eigenvalue weighted by Gasteiger charge is -2.62. The number of rotatable bonds is 3. The van der Waals surface area contributed by atoms with Crippen LogP contribution in [0, 0.1) is 46.3 Å². The molecule has 3 aliphatic heterocycles. The number of hydrogen-bond donors (Lipinski definition) is 5. The van der Waals surface area contributed by atoms with Crippen LogP contribution in [0.4, 0.5) is 0 Å². The molecule has 7 fully saturated rings. The van der Waals surface area contributed by atoms with Gasteiger partial charge >= 0.3 is 0 Å². The third kappa shape index (κ3) is 4.21. The molecule has 4 aliphatic carbocycles. The number of fused-ring (bicyclic) bond motifs is 7. The Morgan fingerprint density at radius 1 is 0.952 bits per heavy atom. The van der Waals surface area contributed by atoms with Crippen molar-refractivity contribution in [2.24, 2.45) is 46.3 Å². The Morgan fingerprint density at radius 3 is 2.45 bits per heavy atom. The van der Waals surface area contributed by atoms with Crippen LogP contribution in [-0.4, -0.2) is 93.6 Å². The maximum Gasteiger partial charge on any atom is 0.186 e. The average Bonchev–Trinajstić information content (AvgIpc) is 3.41. The van der Waals surface area contributed by atoms with Crippen LogP contribution < -0.4 is 0 Å². The fourth-order valence-electron chi connectivity index (χ4n) is 11.6. The molecule has 7 rings (SSSR count). The highest BCUT2D eigenvalue weighted by molar-refractivity contribution is 5.17. The first-order valence-electron chi connectivity index (χ1n) is 16.6. The Kier molecular flexibility index (Phi) is 7.48. The predicted molar refractivity (Wildman–Crippen MR) is 152 cm³/mol. The molecule has 7 aliphatic rings. The summed E-state index contributed by atoms with van der Waals surface area (Å²) in [5.74, 6) is 2.26. The van der Waals surface area contributed by atoms with Gasteiger partial charge in [0.2, 0.25) is 0 Å². The highest BCUT2D eigenvalue weighted by atomic mass is 16.7. The third-order valence-corrected chi connectivity index (χ3v) is 13.9. The molecule has 0 radical (unpaired) electrons. The molecule has 0 bridgehead atoms. The van der Waals surface area contributed by atoms with Crippen LogP contribution in [-0.2, 0) is 18.9 Å². The van der Waals surface area contributed by atoms with E-state index in [1.165, 1.54) is 0 Å². The van der Waals surface area contributed by atoms with Gasteiger partial charge in [-0.05, 0) is 85.4 Å². The Hall–Kier alpha value is -0.620. The molecule has 0 aromatic heterocycles. The van der Waals surface area contributed by atoms with Crippen molar-refractivity contribution >= 4 is 0 Å². The van der Waals surface area contributed by atoms with E-state index in [-0.39, 0.29) is 29.0 Å². The van der Waals surface area contributed by atoms with Crippen LogP contribution in [0.1, 0.15) is 78.6 Å². The Morgan fingerprint density at radius 2 is 1.74 bits per heavy atom. The molecule has 0 amide bonds. The van der Waals surface area contributed by atoms with Gasteiger partial charge in [0.05, 0.1) is 31.5 Å². The molecule has 5 N–H and O–H groups in total. The zero-order valence-electron chi connectivity index (χ0n) is 25.4. The standard InChI is InChI=1S/C33H52O9/c1-16-7-10-33(39-15-16)17(2)26-23(42-33)13-22-20-6-5-18-11-19(40-30-29(38)28(37)27(36)24(14-34)41-30)12-25(35)32(18,4)21(20)8-9-31(22,26)3/h17-30,34-38H,1,5-15H2,2-4H3/t17-,18+,19+,20+,21-,22-,23-,24+,25+,26-,27+,28-,29+,30+,31-,32-,33+/m0/s1. The molecule has 0 aromatic rings. The summed E-state index contributed by atoms with van der Waals surface area (Å²) < 4.78 is 25.0. The van der Waals surface area contributed by atoms with Crippen molar-refractivity contribution in [2.45, 2.75) is 133 Å². The summed E-state index contributed by atoms with van der Waals surface area (Å²) in [6.07, 6.45) is 1.45. The Balaban J connectivity index is 1.05. The van der Waals surface area contributed by atoms with Gasteiger partial charge in [-0.25, -0.2) is 0 Å². The van der Waals surface area contributed by atoms with Gasteiger partial charge in [-0.2, -0.15) is 0 Å². The molecular weight excluding hydrogens is 540 g/mol. The highest BCUT2D eigenvalue weighted by Crippen LogP contribution is 2.71. The molecule has 3 heterocycles. The summed E-state index contributed by atoms with van der Waals surface area (Å²) in [5, 5.41) is 52.2. The molecular formula is C33H52O9. The first kappa shape index (κ1) is 30.1. The van der Waals surface area contributed by atoms with Crippen molar-refractivity contribution < 1.29 is 44.5 Å². The van der Waals surface area contributed by atoms with E-state index in [0.29, 0.717) is 42.6 Å². The molecule has 0 aromatic carbocycles. The molecule has 42 heavy (non-hydrogen) atoms. The minimum absolute atomic E-state index is 0.211. The third-order valence-electron chi connectivity index (χ3n) is 13.9. The fourth-order valence-corrected chi connectivity index (χ4v) is 11.6. The van der Waals surface area contributed by atoms with Crippen molar-refractivity contribution in [1.29, 1.82) is 0 Å². The zero-order chi connectivity index (χ0) is 29.8. The van der Waals surface area contributed by atoms with Gasteiger partial charge in [0.1, 0.15) is 24.4 Å². The van der Waals surface area contributed by atoms with Gasteiger partial charge in [0.25, 0.3) is 0 Å². The summed E-state index contributed by atoms with van der Waals surface area (Å²) in [6.45, 7) is 11.4. The summed E-state index contributed by atoms with van der Waals surface area (Å²) in [7, 11) is 0. The van der Waals surface area contributed by atoms with Crippen LogP contribution in [0.2, 0.25) is 0 Å². The summed E-state index contributed by atoms with van der Waals surface area (Å²) in [6, 6.07) is 0. The molecule has 17 atom stereocenters. The second-order valence-corrected chi connectivity index (χ2v) is 15.6. The lowest BCUT2D eigenvalue weighted by atomic mass is 9.43. The molecule has 238 valence electrons. The van der Waals surface area contributed by atoms with Gasteiger partial charge in [-0.15, -0.1) is 0 Å². The zero-order valence-corrected chi connectivity index (χ0v) is 25.4. The van der Waals surface area contributed by atoms with E-state index >= 15 is 0 Å². The van der Waals surface area contributed by atoms with E-state index in [1.807, 2.05) is 0 Å². The monoisotopic (exact) mass is 592 g/mol. The van der Waals surface area contributed by atoms with E-state index in [4.69, 9.17) is 18.9 Å². The SMILES string of the molecule is C=C1CC[C@@]2(OC1)O[C@H]1C[C@H]3[C@@H]4CC[C@@H]5C[C@@H](O[C@@H]6O[C@H](CO)[C@@H](O)[C@H](O)[C@H]6O)C[C@@H](O)[C@]5(C)[C@H]4CC[C@]3(C)[C@H]1[C@@H]2C. The fraction of sp³-hybridized carbons (Fsp3) is 0.939. The first-order valence-corrected chi connectivity index (χ1v) is 16.6. The Bertz CT molecular complexity index is 1040. The van der Waals surface area contributed by atoms with Gasteiger partial charge < -0.3 is 44.5 Å². The van der Waals surface area contributed by atoms with Crippen molar-refractivity contribution in [1.82, 2.24) is 0 Å². The largest absolute Gasteiger partial charge is 0.394 e. The van der Waals surface area contributed by atoms with Crippen molar-refractivity contribution in [2.75, 3.05) is 13.2 Å². The van der Waals surface area contributed by atoms with Gasteiger partial charge in [-0.1, -0.05) is 32.9 Å². The molecule has 9 nitrogen and oxygen atoms in total. The molecule has 4 saturated carbocycles. The van der Waals surface area contributed by atoms with Gasteiger partial charge in [-0.3, -0.25) is 0 Å². The second-order valence-electron chi connectivity index (χ2n) is 15.6. The summed E-state index contributed by atoms with van der Waals surface area (Å²) in [4.78, 5) is 0. The molecule has 3 saturated heterocycles. The van der Waals surface area contributed by atoms with E-state index < -0.39 is 49.2 Å². The van der Waals surface area contributed by atoms with Crippen LogP contribution in [0.3, 0.4) is 0 Å². The molecule has 0 unspecified atom stereocenters. The van der Waals surface area contributed by atoms with Crippen LogP contribution in [0.25, 0.3) is 0 Å². The van der Waals surface area contributed by atoms with Crippen molar-refractivity contribution in [3.8, 4) is 0 Å². The van der Waals surface area contributed by atoms with Crippen molar-refractivity contribution in [3.63, 3.8) is 0 Å². The van der Waals surface area contributed by atoms with Crippen LogP contribution >= 0.6 is 0 Å². The molecule has 1 spiro atoms. The summed E-state index contributed by atoms with van der Waals surface area (Å²) >= 11 is 0. The lowest BCUT2D eigenvalue weighted by molar-refractivity contribution is -0.320. The normalized spacial score (nSPS) is 59.2. The van der Waals surface area contributed by atoms with E-state index in [1.54, 1.807) is 0 Å². The smallest absolute Gasteiger partial charge is 0.186 e. The van der Waals surface area contributed by atoms with Gasteiger partial charge in [0, 0.05) is 18.8 Å². The second kappa shape index (κ2) is 10.5. The van der Waals surface area contributed by atoms with Crippen molar-refractivity contribution in [3.05, 3.63) is 12.2 Å².